The van der Waals surface area contributed by atoms with Gasteiger partial charge in [-0.15, -0.1) is 24.8 Å². The van der Waals surface area contributed by atoms with Crippen LogP contribution in [0.3, 0.4) is 0 Å². The fourth-order valence-electron chi connectivity index (χ4n) is 0.360. The first kappa shape index (κ1) is 16.6. The summed E-state index contributed by atoms with van der Waals surface area (Å²) in [5.41, 5.74) is 0. The summed E-state index contributed by atoms with van der Waals surface area (Å²) >= 11 is 0. The molecule has 10 heavy (non-hydrogen) atoms. The summed E-state index contributed by atoms with van der Waals surface area (Å²) in [4.78, 5) is 10.1. The standard InChI is InChI=1S/C6H12O2.2ClH/c1-3-4-5-8-6(2)7;;/h3-5H2,1-2H3;2*1H. The number of ether oxygens (including phenoxy) is 1. The van der Waals surface area contributed by atoms with Crippen LogP contribution in [-0.2, 0) is 9.53 Å². The lowest BCUT2D eigenvalue weighted by Crippen LogP contribution is -1.99. The lowest BCUT2D eigenvalue weighted by Gasteiger charge is -1.96. The first-order valence-electron chi connectivity index (χ1n) is 2.90. The van der Waals surface area contributed by atoms with Gasteiger partial charge in [-0.1, -0.05) is 13.3 Å². The van der Waals surface area contributed by atoms with E-state index in [4.69, 9.17) is 0 Å². The molecule has 0 fully saturated rings. The Morgan fingerprint density at radius 1 is 1.40 bits per heavy atom. The molecule has 0 rings (SSSR count). The third-order valence-corrected chi connectivity index (χ3v) is 0.803. The number of carbonyl (C=O) groups excluding carboxylic acids is 1. The molecule has 0 bridgehead atoms. The van der Waals surface area contributed by atoms with E-state index in [0.717, 1.165) is 12.8 Å². The number of rotatable bonds is 3. The Hall–Kier alpha value is 0.0500. The van der Waals surface area contributed by atoms with Gasteiger partial charge in [-0.25, -0.2) is 0 Å². The topological polar surface area (TPSA) is 26.3 Å². The molecule has 64 valence electrons. The molecule has 0 spiro atoms. The minimum absolute atomic E-state index is 0. The number of esters is 1. The van der Waals surface area contributed by atoms with E-state index in [1.807, 2.05) is 0 Å². The van der Waals surface area contributed by atoms with Crippen LogP contribution < -0.4 is 0 Å². The second-order valence-corrected chi connectivity index (χ2v) is 1.69. The molecule has 0 unspecified atom stereocenters. The molecule has 0 aromatic carbocycles. The summed E-state index contributed by atoms with van der Waals surface area (Å²) in [6.45, 7) is 4.06. The lowest BCUT2D eigenvalue weighted by molar-refractivity contribution is -0.141. The summed E-state index contributed by atoms with van der Waals surface area (Å²) in [6.07, 6.45) is 2.05. The molecule has 0 heterocycles. The van der Waals surface area contributed by atoms with Gasteiger partial charge in [0.1, 0.15) is 0 Å². The zero-order valence-electron chi connectivity index (χ0n) is 6.25. The predicted octanol–water partition coefficient (Wildman–Crippen LogP) is 2.19. The second-order valence-electron chi connectivity index (χ2n) is 1.69. The van der Waals surface area contributed by atoms with Gasteiger partial charge in [0.15, 0.2) is 0 Å². The van der Waals surface area contributed by atoms with Crippen molar-refractivity contribution in [3.63, 3.8) is 0 Å². The number of carbonyl (C=O) groups is 1. The van der Waals surface area contributed by atoms with Crippen LogP contribution in [0.4, 0.5) is 0 Å². The Labute approximate surface area is 74.1 Å². The third-order valence-electron chi connectivity index (χ3n) is 0.803. The number of halogens is 2. The summed E-state index contributed by atoms with van der Waals surface area (Å²) in [5, 5.41) is 0. The monoisotopic (exact) mass is 188 g/mol. The molecule has 0 aromatic heterocycles. The van der Waals surface area contributed by atoms with E-state index in [2.05, 4.69) is 11.7 Å². The van der Waals surface area contributed by atoms with Gasteiger partial charge in [0.05, 0.1) is 6.61 Å². The number of hydrogen-bond acceptors (Lipinski definition) is 2. The molecule has 0 saturated heterocycles. The summed E-state index contributed by atoms with van der Waals surface area (Å²) < 4.78 is 4.64. The highest BCUT2D eigenvalue weighted by molar-refractivity contribution is 5.85. The molecule has 2 nitrogen and oxygen atoms in total. The quantitative estimate of drug-likeness (QED) is 0.502. The molecule has 0 saturated carbocycles. The van der Waals surface area contributed by atoms with E-state index >= 15 is 0 Å². The molecule has 4 heteroatoms. The smallest absolute Gasteiger partial charge is 0.302 e. The van der Waals surface area contributed by atoms with Crippen molar-refractivity contribution in [1.82, 2.24) is 0 Å². The van der Waals surface area contributed by atoms with Gasteiger partial charge in [-0.3, -0.25) is 4.79 Å². The van der Waals surface area contributed by atoms with Crippen molar-refractivity contribution in [3.8, 4) is 0 Å². The van der Waals surface area contributed by atoms with Crippen LogP contribution >= 0.6 is 24.8 Å². The fraction of sp³-hybridized carbons (Fsp3) is 0.833. The molecule has 0 radical (unpaired) electrons. The van der Waals surface area contributed by atoms with Crippen LogP contribution in [0.15, 0.2) is 0 Å². The van der Waals surface area contributed by atoms with Gasteiger partial charge in [0.25, 0.3) is 0 Å². The molecule has 0 atom stereocenters. The molecular formula is C6H14Cl2O2. The SMILES string of the molecule is CCCCOC(C)=O.Cl.Cl. The first-order chi connectivity index (χ1) is 3.77. The van der Waals surface area contributed by atoms with E-state index in [0.29, 0.717) is 6.61 Å². The van der Waals surface area contributed by atoms with Crippen LogP contribution in [0.25, 0.3) is 0 Å². The van der Waals surface area contributed by atoms with Crippen LogP contribution in [0.2, 0.25) is 0 Å². The van der Waals surface area contributed by atoms with Crippen molar-refractivity contribution in [1.29, 1.82) is 0 Å². The Kier molecular flexibility index (Phi) is 19.5. The zero-order chi connectivity index (χ0) is 6.41. The predicted molar refractivity (Wildman–Crippen MR) is 46.0 cm³/mol. The molecular weight excluding hydrogens is 175 g/mol. The van der Waals surface area contributed by atoms with Crippen LogP contribution in [-0.4, -0.2) is 12.6 Å². The van der Waals surface area contributed by atoms with Crippen molar-refractivity contribution < 1.29 is 9.53 Å². The van der Waals surface area contributed by atoms with Crippen molar-refractivity contribution in [3.05, 3.63) is 0 Å². The van der Waals surface area contributed by atoms with E-state index in [-0.39, 0.29) is 30.8 Å². The molecule has 0 aliphatic carbocycles. The zero-order valence-corrected chi connectivity index (χ0v) is 7.89. The normalized spacial score (nSPS) is 7.00. The molecule has 0 N–H and O–H groups in total. The van der Waals surface area contributed by atoms with Crippen LogP contribution in [0.5, 0.6) is 0 Å². The van der Waals surface area contributed by atoms with Gasteiger partial charge >= 0.3 is 5.97 Å². The Bertz CT molecular complexity index is 76.1. The van der Waals surface area contributed by atoms with Gasteiger partial charge in [-0.2, -0.15) is 0 Å². The Morgan fingerprint density at radius 3 is 2.20 bits per heavy atom. The highest BCUT2D eigenvalue weighted by atomic mass is 35.5. The van der Waals surface area contributed by atoms with Gasteiger partial charge in [0.2, 0.25) is 0 Å². The Balaban J connectivity index is -0.000000245. The minimum atomic E-state index is -0.182. The second kappa shape index (κ2) is 11.8. The maximum atomic E-state index is 10.1. The molecule has 0 amide bonds. The molecule has 0 aromatic rings. The van der Waals surface area contributed by atoms with Gasteiger partial charge < -0.3 is 4.74 Å². The maximum absolute atomic E-state index is 10.1. The molecule has 0 aliphatic heterocycles. The average Bonchev–Trinajstić information content (AvgIpc) is 1.66. The highest BCUT2D eigenvalue weighted by Gasteiger charge is 1.88. The largest absolute Gasteiger partial charge is 0.466 e. The van der Waals surface area contributed by atoms with Crippen molar-refractivity contribution in [2.45, 2.75) is 26.7 Å². The van der Waals surface area contributed by atoms with E-state index in [1.165, 1.54) is 6.92 Å². The number of unbranched alkanes of at least 4 members (excludes halogenated alkanes) is 1. The Morgan fingerprint density at radius 2 is 1.90 bits per heavy atom. The maximum Gasteiger partial charge on any atom is 0.302 e. The summed E-state index contributed by atoms with van der Waals surface area (Å²) in [5.74, 6) is -0.182. The van der Waals surface area contributed by atoms with Crippen LogP contribution in [0.1, 0.15) is 26.7 Å². The van der Waals surface area contributed by atoms with E-state index in [1.54, 1.807) is 0 Å². The summed E-state index contributed by atoms with van der Waals surface area (Å²) in [6, 6.07) is 0. The van der Waals surface area contributed by atoms with Crippen molar-refractivity contribution in [2.75, 3.05) is 6.61 Å². The van der Waals surface area contributed by atoms with Crippen molar-refractivity contribution in [2.24, 2.45) is 0 Å². The first-order valence-corrected chi connectivity index (χ1v) is 2.90. The van der Waals surface area contributed by atoms with E-state index < -0.39 is 0 Å². The average molecular weight is 189 g/mol. The summed E-state index contributed by atoms with van der Waals surface area (Å²) in [7, 11) is 0. The van der Waals surface area contributed by atoms with Gasteiger partial charge in [0, 0.05) is 6.92 Å². The minimum Gasteiger partial charge on any atom is -0.466 e. The third kappa shape index (κ3) is 15.7. The fourth-order valence-corrected chi connectivity index (χ4v) is 0.360. The molecule has 0 aliphatic rings. The van der Waals surface area contributed by atoms with Crippen molar-refractivity contribution >= 4 is 30.8 Å². The van der Waals surface area contributed by atoms with Gasteiger partial charge in [-0.05, 0) is 6.42 Å². The van der Waals surface area contributed by atoms with E-state index in [9.17, 15) is 4.79 Å². The highest BCUT2D eigenvalue weighted by Crippen LogP contribution is 1.86. The van der Waals surface area contributed by atoms with Crippen LogP contribution in [0, 0.1) is 0 Å². The number of hydrogen-bond donors (Lipinski definition) is 0. The lowest BCUT2D eigenvalue weighted by atomic mass is 10.4.